The molecule has 0 saturated carbocycles. The van der Waals surface area contributed by atoms with Crippen LogP contribution in [-0.4, -0.2) is 22.3 Å². The van der Waals surface area contributed by atoms with Crippen molar-refractivity contribution in [2.45, 2.75) is 6.54 Å². The van der Waals surface area contributed by atoms with Crippen molar-refractivity contribution in [2.75, 3.05) is 11.9 Å². The number of fused-ring (bicyclic) bond motifs is 1. The van der Waals surface area contributed by atoms with E-state index in [9.17, 15) is 4.79 Å². The van der Waals surface area contributed by atoms with Gasteiger partial charge in [-0.05, 0) is 28.5 Å². The molecule has 6 heteroatoms. The number of ether oxygens (including phenoxy) is 1. The second-order valence-corrected chi connectivity index (χ2v) is 6.76. The number of carbonyl (C=O) groups is 1. The lowest BCUT2D eigenvalue weighted by atomic mass is 10.1. The Kier molecular flexibility index (Phi) is 5.26. The number of amides is 1. The summed E-state index contributed by atoms with van der Waals surface area (Å²) in [6, 6.07) is 23.6. The Labute approximate surface area is 167 Å². The van der Waals surface area contributed by atoms with Crippen molar-refractivity contribution in [3.05, 3.63) is 89.6 Å². The number of carbonyl (C=O) groups excluding carboxylic acids is 1. The van der Waals surface area contributed by atoms with E-state index in [4.69, 9.17) is 16.3 Å². The number of nitrogens with one attached hydrogen (secondary N) is 1. The molecule has 1 aromatic heterocycles. The summed E-state index contributed by atoms with van der Waals surface area (Å²) < 4.78 is 7.29. The van der Waals surface area contributed by atoms with Gasteiger partial charge in [-0.2, -0.15) is 5.10 Å². The van der Waals surface area contributed by atoms with Crippen LogP contribution in [0.4, 0.5) is 5.82 Å². The molecule has 1 amide bonds. The molecular weight excluding hydrogens is 374 g/mol. The molecule has 140 valence electrons. The zero-order valence-electron chi connectivity index (χ0n) is 15.0. The average molecular weight is 392 g/mol. The maximum atomic E-state index is 12.2. The highest BCUT2D eigenvalue weighted by molar-refractivity contribution is 6.33. The fourth-order valence-corrected chi connectivity index (χ4v) is 3.11. The van der Waals surface area contributed by atoms with Crippen LogP contribution in [0.25, 0.3) is 10.8 Å². The van der Waals surface area contributed by atoms with Gasteiger partial charge in [0.25, 0.3) is 5.91 Å². The maximum absolute atomic E-state index is 12.2. The Balaban J connectivity index is 1.36. The summed E-state index contributed by atoms with van der Waals surface area (Å²) in [5.74, 6) is 0.638. The Bertz CT molecular complexity index is 1110. The summed E-state index contributed by atoms with van der Waals surface area (Å²) in [6.45, 7) is 0.449. The topological polar surface area (TPSA) is 56.1 Å². The third kappa shape index (κ3) is 4.32. The first-order chi connectivity index (χ1) is 13.7. The van der Waals surface area contributed by atoms with E-state index in [2.05, 4.69) is 10.4 Å². The maximum Gasteiger partial charge on any atom is 0.263 e. The molecule has 0 atom stereocenters. The van der Waals surface area contributed by atoms with Gasteiger partial charge in [0.2, 0.25) is 0 Å². The first-order valence-electron chi connectivity index (χ1n) is 8.86. The lowest BCUT2D eigenvalue weighted by Gasteiger charge is -2.07. The number of aromatic nitrogens is 2. The standard InChI is InChI=1S/C22H18ClN3O2/c23-20-14-26(13-16-6-2-1-3-7-16)25-22(20)24-21(27)15-28-19-11-10-17-8-4-5-9-18(17)12-19/h1-12,14H,13,15H2,(H,24,25,27). The molecule has 0 aliphatic heterocycles. The van der Waals surface area contributed by atoms with Crippen molar-refractivity contribution in [1.29, 1.82) is 0 Å². The van der Waals surface area contributed by atoms with Crippen LogP contribution in [0.3, 0.4) is 0 Å². The van der Waals surface area contributed by atoms with Crippen LogP contribution in [0.15, 0.2) is 79.0 Å². The van der Waals surface area contributed by atoms with Crippen molar-refractivity contribution in [3.8, 4) is 5.75 Å². The van der Waals surface area contributed by atoms with Crippen LogP contribution < -0.4 is 10.1 Å². The SMILES string of the molecule is O=C(COc1ccc2ccccc2c1)Nc1nn(Cc2ccccc2)cc1Cl. The third-order valence-electron chi connectivity index (χ3n) is 4.25. The molecule has 0 bridgehead atoms. The minimum atomic E-state index is -0.319. The molecular formula is C22H18ClN3O2. The second kappa shape index (κ2) is 8.15. The van der Waals surface area contributed by atoms with Gasteiger partial charge in [0.15, 0.2) is 12.4 Å². The van der Waals surface area contributed by atoms with Gasteiger partial charge in [0.05, 0.1) is 6.54 Å². The number of rotatable bonds is 6. The molecule has 0 aliphatic carbocycles. The van der Waals surface area contributed by atoms with Gasteiger partial charge in [0, 0.05) is 6.20 Å². The van der Waals surface area contributed by atoms with Gasteiger partial charge in [-0.25, -0.2) is 0 Å². The Morgan fingerprint density at radius 2 is 1.75 bits per heavy atom. The van der Waals surface area contributed by atoms with E-state index in [1.54, 1.807) is 10.9 Å². The van der Waals surface area contributed by atoms with Crippen LogP contribution >= 0.6 is 11.6 Å². The summed E-state index contributed by atoms with van der Waals surface area (Å²) in [5, 5.41) is 9.60. The normalized spacial score (nSPS) is 10.8. The number of benzene rings is 3. The zero-order chi connectivity index (χ0) is 19.3. The molecule has 0 fully saturated rings. The quantitative estimate of drug-likeness (QED) is 0.515. The summed E-state index contributed by atoms with van der Waals surface area (Å²) >= 11 is 6.20. The number of nitrogens with zero attached hydrogens (tertiary/aromatic N) is 2. The van der Waals surface area contributed by atoms with Crippen molar-refractivity contribution in [1.82, 2.24) is 9.78 Å². The minimum Gasteiger partial charge on any atom is -0.484 e. The fourth-order valence-electron chi connectivity index (χ4n) is 2.91. The number of halogens is 1. The fraction of sp³-hybridized carbons (Fsp3) is 0.0909. The molecule has 4 aromatic rings. The van der Waals surface area contributed by atoms with Crippen LogP contribution in [0, 0.1) is 0 Å². The van der Waals surface area contributed by atoms with E-state index in [-0.39, 0.29) is 12.5 Å². The average Bonchev–Trinajstić information content (AvgIpc) is 3.05. The second-order valence-electron chi connectivity index (χ2n) is 6.35. The summed E-state index contributed by atoms with van der Waals surface area (Å²) in [5.41, 5.74) is 1.10. The van der Waals surface area contributed by atoms with Gasteiger partial charge in [0.1, 0.15) is 10.8 Å². The van der Waals surface area contributed by atoms with Gasteiger partial charge in [-0.15, -0.1) is 0 Å². The Hall–Kier alpha value is -3.31. The van der Waals surface area contributed by atoms with E-state index in [0.29, 0.717) is 23.1 Å². The highest BCUT2D eigenvalue weighted by Crippen LogP contribution is 2.22. The largest absolute Gasteiger partial charge is 0.484 e. The van der Waals surface area contributed by atoms with Crippen LogP contribution in [-0.2, 0) is 11.3 Å². The first kappa shape index (κ1) is 18.1. The number of anilines is 1. The minimum absolute atomic E-state index is 0.125. The Morgan fingerprint density at radius 3 is 2.57 bits per heavy atom. The smallest absolute Gasteiger partial charge is 0.263 e. The van der Waals surface area contributed by atoms with Gasteiger partial charge in [-0.1, -0.05) is 72.3 Å². The van der Waals surface area contributed by atoms with E-state index in [0.717, 1.165) is 16.3 Å². The first-order valence-corrected chi connectivity index (χ1v) is 9.23. The molecule has 3 aromatic carbocycles. The third-order valence-corrected chi connectivity index (χ3v) is 4.53. The highest BCUT2D eigenvalue weighted by Gasteiger charge is 2.12. The number of hydrogen-bond donors (Lipinski definition) is 1. The zero-order valence-corrected chi connectivity index (χ0v) is 15.8. The van der Waals surface area contributed by atoms with Crippen molar-refractivity contribution < 1.29 is 9.53 Å². The predicted octanol–water partition coefficient (Wildman–Crippen LogP) is 4.76. The summed E-state index contributed by atoms with van der Waals surface area (Å²) in [7, 11) is 0. The molecule has 4 rings (SSSR count). The van der Waals surface area contributed by atoms with Gasteiger partial charge >= 0.3 is 0 Å². The van der Waals surface area contributed by atoms with E-state index < -0.39 is 0 Å². The molecule has 1 N–H and O–H groups in total. The van der Waals surface area contributed by atoms with Crippen LogP contribution in [0.1, 0.15) is 5.56 Å². The summed E-state index contributed by atoms with van der Waals surface area (Å²) in [4.78, 5) is 12.2. The molecule has 0 spiro atoms. The van der Waals surface area contributed by atoms with Gasteiger partial charge in [-0.3, -0.25) is 9.48 Å². The Morgan fingerprint density at radius 1 is 1.00 bits per heavy atom. The molecule has 0 unspecified atom stereocenters. The summed E-state index contributed by atoms with van der Waals surface area (Å²) in [6.07, 6.45) is 1.69. The molecule has 28 heavy (non-hydrogen) atoms. The number of hydrogen-bond acceptors (Lipinski definition) is 3. The van der Waals surface area contributed by atoms with E-state index >= 15 is 0 Å². The van der Waals surface area contributed by atoms with Crippen molar-refractivity contribution in [3.63, 3.8) is 0 Å². The molecule has 0 aliphatic rings. The van der Waals surface area contributed by atoms with Crippen LogP contribution in [0.5, 0.6) is 5.75 Å². The molecule has 0 radical (unpaired) electrons. The van der Waals surface area contributed by atoms with Crippen LogP contribution in [0.2, 0.25) is 5.02 Å². The van der Waals surface area contributed by atoms with Crippen molar-refractivity contribution >= 4 is 34.1 Å². The molecule has 5 nitrogen and oxygen atoms in total. The van der Waals surface area contributed by atoms with Gasteiger partial charge < -0.3 is 10.1 Å². The molecule has 0 saturated heterocycles. The van der Waals surface area contributed by atoms with E-state index in [1.807, 2.05) is 72.8 Å². The lowest BCUT2D eigenvalue weighted by Crippen LogP contribution is -2.20. The lowest BCUT2D eigenvalue weighted by molar-refractivity contribution is -0.118. The molecule has 1 heterocycles. The predicted molar refractivity (Wildman–Crippen MR) is 111 cm³/mol. The monoisotopic (exact) mass is 391 g/mol. The van der Waals surface area contributed by atoms with Crippen molar-refractivity contribution in [2.24, 2.45) is 0 Å². The van der Waals surface area contributed by atoms with E-state index in [1.165, 1.54) is 0 Å². The highest BCUT2D eigenvalue weighted by atomic mass is 35.5.